The van der Waals surface area contributed by atoms with Crippen molar-refractivity contribution in [2.45, 2.75) is 25.4 Å². The maximum atomic E-state index is 12.8. The van der Waals surface area contributed by atoms with E-state index in [4.69, 9.17) is 0 Å². The number of hydrogen-bond acceptors (Lipinski definition) is 5. The van der Waals surface area contributed by atoms with Crippen LogP contribution in [0, 0.1) is 13.8 Å². The van der Waals surface area contributed by atoms with Crippen molar-refractivity contribution in [2.24, 2.45) is 0 Å². The molecule has 6 nitrogen and oxygen atoms in total. The first-order chi connectivity index (χ1) is 14.1. The molecule has 3 aromatic heterocycles. The maximum Gasteiger partial charge on any atom is 0.174 e. The van der Waals surface area contributed by atoms with Gasteiger partial charge in [-0.1, -0.05) is 36.0 Å². The van der Waals surface area contributed by atoms with E-state index in [0.29, 0.717) is 12.3 Å². The van der Waals surface area contributed by atoms with E-state index in [9.17, 15) is 4.79 Å². The zero-order valence-electron chi connectivity index (χ0n) is 16.4. The first kappa shape index (κ1) is 19.1. The van der Waals surface area contributed by atoms with Crippen molar-refractivity contribution in [3.05, 3.63) is 78.5 Å². The quantitative estimate of drug-likeness (QED) is 0.198. The van der Waals surface area contributed by atoms with Crippen molar-refractivity contribution >= 4 is 28.6 Å². The Morgan fingerprint density at radius 2 is 2.00 bits per heavy atom. The van der Waals surface area contributed by atoms with E-state index < -0.39 is 0 Å². The number of hydrogen-bond donors (Lipinski definition) is 0. The molecule has 0 saturated heterocycles. The number of fused-ring (bicyclic) bond motifs is 1. The van der Waals surface area contributed by atoms with E-state index in [1.54, 1.807) is 10.9 Å². The average Bonchev–Trinajstić information content (AvgIpc) is 3.30. The van der Waals surface area contributed by atoms with Crippen LogP contribution in [0.2, 0.25) is 0 Å². The van der Waals surface area contributed by atoms with Gasteiger partial charge < -0.3 is 4.57 Å². The number of para-hydroxylation sites is 1. The molecular formula is C22H21N5OS. The van der Waals surface area contributed by atoms with E-state index in [2.05, 4.69) is 26.2 Å². The van der Waals surface area contributed by atoms with Crippen molar-refractivity contribution in [1.29, 1.82) is 0 Å². The molecule has 0 aliphatic rings. The molecule has 0 spiro atoms. The van der Waals surface area contributed by atoms with Crippen LogP contribution in [-0.2, 0) is 6.54 Å². The summed E-state index contributed by atoms with van der Waals surface area (Å²) in [6, 6.07) is 11.8. The smallest absolute Gasteiger partial charge is 0.174 e. The normalized spacial score (nSPS) is 11.1. The van der Waals surface area contributed by atoms with Crippen LogP contribution in [0.4, 0.5) is 0 Å². The fraction of sp³-hybridized carbons (Fsp3) is 0.182. The van der Waals surface area contributed by atoms with Gasteiger partial charge in [0.25, 0.3) is 0 Å². The van der Waals surface area contributed by atoms with Gasteiger partial charge in [0.2, 0.25) is 0 Å². The molecule has 0 atom stereocenters. The molecule has 3 heterocycles. The Kier molecular flexibility index (Phi) is 5.31. The summed E-state index contributed by atoms with van der Waals surface area (Å²) < 4.78 is 3.88. The highest BCUT2D eigenvalue weighted by Crippen LogP contribution is 2.27. The van der Waals surface area contributed by atoms with E-state index >= 15 is 0 Å². The second-order valence-electron chi connectivity index (χ2n) is 6.70. The van der Waals surface area contributed by atoms with E-state index in [1.165, 1.54) is 18.1 Å². The topological polar surface area (TPSA) is 65.6 Å². The zero-order valence-corrected chi connectivity index (χ0v) is 17.2. The van der Waals surface area contributed by atoms with Crippen molar-refractivity contribution in [3.63, 3.8) is 0 Å². The lowest BCUT2D eigenvalue weighted by Crippen LogP contribution is -2.06. The molecule has 0 fully saturated rings. The van der Waals surface area contributed by atoms with Crippen LogP contribution in [0.25, 0.3) is 16.7 Å². The number of aromatic nitrogens is 5. The highest BCUT2D eigenvalue weighted by Gasteiger charge is 2.17. The third-order valence-corrected chi connectivity index (χ3v) is 5.86. The van der Waals surface area contributed by atoms with Gasteiger partial charge >= 0.3 is 0 Å². The molecule has 0 bridgehead atoms. The Balaban J connectivity index is 1.58. The van der Waals surface area contributed by atoms with Gasteiger partial charge in [0, 0.05) is 23.5 Å². The predicted octanol–water partition coefficient (Wildman–Crippen LogP) is 4.39. The van der Waals surface area contributed by atoms with Crippen LogP contribution in [-0.4, -0.2) is 35.9 Å². The summed E-state index contributed by atoms with van der Waals surface area (Å²) in [7, 11) is 0. The standard InChI is InChI=1S/C22H21N5OS/c1-4-10-26-15(2)11-18(16(26)3)20(28)13-29-22-19-12-25-27(21(19)23-14-24-22)17-8-6-5-7-9-17/h4-9,11-12,14H,1,10,13H2,2-3H3. The zero-order chi connectivity index (χ0) is 20.4. The van der Waals surface area contributed by atoms with Gasteiger partial charge in [-0.25, -0.2) is 14.6 Å². The van der Waals surface area contributed by atoms with Gasteiger partial charge in [-0.15, -0.1) is 6.58 Å². The molecular weight excluding hydrogens is 382 g/mol. The minimum atomic E-state index is 0.0839. The number of carbonyl (C=O) groups is 1. The number of thioether (sulfide) groups is 1. The monoisotopic (exact) mass is 403 g/mol. The summed E-state index contributed by atoms with van der Waals surface area (Å²) in [4.78, 5) is 21.6. The Hall–Kier alpha value is -3.19. The van der Waals surface area contributed by atoms with Crippen molar-refractivity contribution in [2.75, 3.05) is 5.75 Å². The van der Waals surface area contributed by atoms with E-state index in [0.717, 1.165) is 38.7 Å². The van der Waals surface area contributed by atoms with Crippen LogP contribution in [0.3, 0.4) is 0 Å². The third-order valence-electron chi connectivity index (χ3n) is 4.86. The molecule has 146 valence electrons. The number of Topliss-reactive ketones (excluding diaryl/α,β-unsaturated/α-hetero) is 1. The van der Waals surface area contributed by atoms with Gasteiger partial charge in [-0.3, -0.25) is 4.79 Å². The van der Waals surface area contributed by atoms with Gasteiger partial charge in [-0.05, 0) is 32.0 Å². The Morgan fingerprint density at radius 3 is 2.76 bits per heavy atom. The van der Waals surface area contributed by atoms with Crippen LogP contribution in [0.15, 0.2) is 66.6 Å². The fourth-order valence-electron chi connectivity index (χ4n) is 3.40. The molecule has 0 aliphatic heterocycles. The molecule has 1 aromatic carbocycles. The fourth-order valence-corrected chi connectivity index (χ4v) is 4.25. The number of allylic oxidation sites excluding steroid dienone is 1. The van der Waals surface area contributed by atoms with Gasteiger partial charge in [-0.2, -0.15) is 5.10 Å². The maximum absolute atomic E-state index is 12.8. The second kappa shape index (κ2) is 8.05. The lowest BCUT2D eigenvalue weighted by molar-refractivity contribution is 0.102. The van der Waals surface area contributed by atoms with Crippen molar-refractivity contribution < 1.29 is 4.79 Å². The van der Waals surface area contributed by atoms with Crippen molar-refractivity contribution in [1.82, 2.24) is 24.3 Å². The van der Waals surface area contributed by atoms with Gasteiger partial charge in [0.1, 0.15) is 11.4 Å². The highest BCUT2D eigenvalue weighted by atomic mass is 32.2. The second-order valence-corrected chi connectivity index (χ2v) is 7.67. The number of ketones is 1. The summed E-state index contributed by atoms with van der Waals surface area (Å²) in [5.41, 5.74) is 4.44. The molecule has 7 heteroatoms. The molecule has 0 radical (unpaired) electrons. The third kappa shape index (κ3) is 3.61. The number of aryl methyl sites for hydroxylation is 1. The number of carbonyl (C=O) groups excluding carboxylic acids is 1. The molecule has 0 saturated carbocycles. The molecule has 0 N–H and O–H groups in total. The minimum absolute atomic E-state index is 0.0839. The summed E-state index contributed by atoms with van der Waals surface area (Å²) >= 11 is 1.42. The summed E-state index contributed by atoms with van der Waals surface area (Å²) in [6.45, 7) is 8.47. The number of nitrogens with zero attached hydrogens (tertiary/aromatic N) is 5. The summed E-state index contributed by atoms with van der Waals surface area (Å²) in [5, 5.41) is 6.06. The van der Waals surface area contributed by atoms with Crippen molar-refractivity contribution in [3.8, 4) is 5.69 Å². The Bertz CT molecular complexity index is 1190. The Labute approximate surface area is 173 Å². The van der Waals surface area contributed by atoms with Crippen LogP contribution in [0.5, 0.6) is 0 Å². The molecule has 4 rings (SSSR count). The first-order valence-electron chi connectivity index (χ1n) is 9.28. The summed E-state index contributed by atoms with van der Waals surface area (Å²) in [6.07, 6.45) is 5.11. The van der Waals surface area contributed by atoms with E-state index in [-0.39, 0.29) is 5.78 Å². The number of benzene rings is 1. The van der Waals surface area contributed by atoms with Gasteiger partial charge in [0.05, 0.1) is 23.0 Å². The van der Waals surface area contributed by atoms with E-state index in [1.807, 2.05) is 56.3 Å². The first-order valence-corrected chi connectivity index (χ1v) is 10.3. The lowest BCUT2D eigenvalue weighted by Gasteiger charge is -2.06. The molecule has 0 aliphatic carbocycles. The van der Waals surface area contributed by atoms with Crippen LogP contribution < -0.4 is 0 Å². The minimum Gasteiger partial charge on any atom is -0.345 e. The SMILES string of the molecule is C=CCn1c(C)cc(C(=O)CSc2ncnc3c2cnn3-c2ccccc2)c1C. The molecule has 29 heavy (non-hydrogen) atoms. The Morgan fingerprint density at radius 1 is 1.21 bits per heavy atom. The molecule has 4 aromatic rings. The van der Waals surface area contributed by atoms with Crippen LogP contribution >= 0.6 is 11.8 Å². The van der Waals surface area contributed by atoms with Crippen LogP contribution in [0.1, 0.15) is 21.7 Å². The largest absolute Gasteiger partial charge is 0.345 e. The predicted molar refractivity (Wildman–Crippen MR) is 116 cm³/mol. The average molecular weight is 404 g/mol. The lowest BCUT2D eigenvalue weighted by atomic mass is 10.2. The molecule has 0 amide bonds. The molecule has 0 unspecified atom stereocenters. The van der Waals surface area contributed by atoms with Gasteiger partial charge in [0.15, 0.2) is 11.4 Å². The summed E-state index contributed by atoms with van der Waals surface area (Å²) in [5.74, 6) is 0.390. The number of rotatable bonds is 7. The highest BCUT2D eigenvalue weighted by molar-refractivity contribution is 8.00.